The Labute approximate surface area is 224 Å². The summed E-state index contributed by atoms with van der Waals surface area (Å²) in [5, 5.41) is 2.80. The van der Waals surface area contributed by atoms with Gasteiger partial charge in [-0.3, -0.25) is 14.4 Å². The van der Waals surface area contributed by atoms with Gasteiger partial charge in [-0.1, -0.05) is 24.3 Å². The molecule has 0 radical (unpaired) electrons. The lowest BCUT2D eigenvalue weighted by molar-refractivity contribution is -0.142. The first kappa shape index (κ1) is 26.6. The van der Waals surface area contributed by atoms with Crippen molar-refractivity contribution in [1.82, 2.24) is 14.5 Å². The maximum Gasteiger partial charge on any atom is 0.269 e. The number of benzene rings is 2. The monoisotopic (exact) mass is 555 g/mol. The first-order valence-electron chi connectivity index (χ1n) is 12.4. The van der Waals surface area contributed by atoms with Crippen molar-refractivity contribution in [2.24, 2.45) is 0 Å². The number of carbonyl (C=O) groups is 3. The summed E-state index contributed by atoms with van der Waals surface area (Å²) in [6.07, 6.45) is 2.83. The highest BCUT2D eigenvalue weighted by molar-refractivity contribution is 7.90. The van der Waals surface area contributed by atoms with Crippen LogP contribution in [0.3, 0.4) is 0 Å². The summed E-state index contributed by atoms with van der Waals surface area (Å²) < 4.78 is 51.4. The van der Waals surface area contributed by atoms with Gasteiger partial charge in [0, 0.05) is 19.7 Å². The Kier molecular flexibility index (Phi) is 7.49. The van der Waals surface area contributed by atoms with Gasteiger partial charge in [-0.15, -0.1) is 0 Å². The van der Waals surface area contributed by atoms with E-state index in [4.69, 9.17) is 9.15 Å². The molecule has 3 aromatic rings. The van der Waals surface area contributed by atoms with Crippen molar-refractivity contribution in [3.63, 3.8) is 0 Å². The standard InChI is InChI=1S/C27H26FN3O7S/c28-19-11-9-18(10-12-19)16-30(24(32)17-31-27(34)21-6-1-2-8-23(21)39(31,35)36)25(22-7-4-14-38-22)26(33)29-15-20-5-3-13-37-20/h1-2,4,6-12,14,20,25H,3,5,13,15-17H2,(H,29,33)/t20-,25-/m0/s1. The van der Waals surface area contributed by atoms with Crippen LogP contribution in [0.2, 0.25) is 0 Å². The third kappa shape index (κ3) is 5.43. The molecule has 3 amide bonds. The molecule has 0 aliphatic carbocycles. The third-order valence-corrected chi connectivity index (χ3v) is 8.47. The molecule has 1 N–H and O–H groups in total. The van der Waals surface area contributed by atoms with Gasteiger partial charge in [0.15, 0.2) is 6.04 Å². The van der Waals surface area contributed by atoms with Crippen LogP contribution in [0.5, 0.6) is 0 Å². The van der Waals surface area contributed by atoms with Crippen LogP contribution in [0.25, 0.3) is 0 Å². The van der Waals surface area contributed by atoms with E-state index < -0.39 is 46.1 Å². The molecule has 1 fully saturated rings. The number of amides is 3. The van der Waals surface area contributed by atoms with Crippen molar-refractivity contribution < 1.29 is 36.3 Å². The minimum Gasteiger partial charge on any atom is -0.467 e. The summed E-state index contributed by atoms with van der Waals surface area (Å²) in [5.41, 5.74) is 0.444. The fourth-order valence-electron chi connectivity index (χ4n) is 4.70. The van der Waals surface area contributed by atoms with Crippen molar-refractivity contribution in [3.8, 4) is 0 Å². The first-order valence-corrected chi connectivity index (χ1v) is 13.8. The Morgan fingerprint density at radius 3 is 2.54 bits per heavy atom. The van der Waals surface area contributed by atoms with E-state index in [9.17, 15) is 27.2 Å². The van der Waals surface area contributed by atoms with Gasteiger partial charge in [0.1, 0.15) is 23.0 Å². The van der Waals surface area contributed by atoms with E-state index >= 15 is 0 Å². The summed E-state index contributed by atoms with van der Waals surface area (Å²) in [7, 11) is -4.28. The molecule has 0 bridgehead atoms. The zero-order chi connectivity index (χ0) is 27.6. The average molecular weight is 556 g/mol. The van der Waals surface area contributed by atoms with Gasteiger partial charge >= 0.3 is 0 Å². The second-order valence-electron chi connectivity index (χ2n) is 9.26. The van der Waals surface area contributed by atoms with Crippen molar-refractivity contribution in [2.75, 3.05) is 19.7 Å². The molecule has 3 heterocycles. The van der Waals surface area contributed by atoms with Crippen LogP contribution in [0.1, 0.15) is 40.6 Å². The van der Waals surface area contributed by atoms with Crippen LogP contribution < -0.4 is 5.32 Å². The van der Waals surface area contributed by atoms with E-state index in [1.54, 1.807) is 6.07 Å². The molecule has 1 aromatic heterocycles. The number of nitrogens with one attached hydrogen (secondary N) is 1. The van der Waals surface area contributed by atoms with E-state index in [0.717, 1.165) is 17.7 Å². The summed E-state index contributed by atoms with van der Waals surface area (Å²) in [4.78, 5) is 41.2. The van der Waals surface area contributed by atoms with Gasteiger partial charge in [0.05, 0.1) is 17.9 Å². The molecule has 39 heavy (non-hydrogen) atoms. The van der Waals surface area contributed by atoms with Crippen LogP contribution >= 0.6 is 0 Å². The molecule has 10 nitrogen and oxygen atoms in total. The molecule has 12 heteroatoms. The number of ether oxygens (including phenoxy) is 1. The Morgan fingerprint density at radius 1 is 1.10 bits per heavy atom. The van der Waals surface area contributed by atoms with E-state index in [-0.39, 0.29) is 35.4 Å². The van der Waals surface area contributed by atoms with Crippen LogP contribution in [0.4, 0.5) is 4.39 Å². The molecule has 5 rings (SSSR count). The first-order chi connectivity index (χ1) is 18.8. The molecule has 2 aliphatic rings. The molecule has 0 saturated carbocycles. The SMILES string of the molecule is O=C(NC[C@@H]1CCCO1)[C@H](c1ccco1)N(Cc1ccc(F)cc1)C(=O)CN1C(=O)c2ccccc2S1(=O)=O. The quantitative estimate of drug-likeness (QED) is 0.430. The highest BCUT2D eigenvalue weighted by Crippen LogP contribution is 2.31. The minimum atomic E-state index is -4.28. The number of hydrogen-bond donors (Lipinski definition) is 1. The number of rotatable bonds is 9. The molecule has 0 unspecified atom stereocenters. The Balaban J connectivity index is 1.47. The maximum atomic E-state index is 13.8. The van der Waals surface area contributed by atoms with Gasteiger partial charge in [-0.05, 0) is 54.8 Å². The second kappa shape index (κ2) is 11.0. The molecule has 2 aliphatic heterocycles. The normalized spacial score (nSPS) is 18.5. The zero-order valence-electron chi connectivity index (χ0n) is 20.8. The van der Waals surface area contributed by atoms with E-state index in [2.05, 4.69) is 5.32 Å². The summed E-state index contributed by atoms with van der Waals surface area (Å²) in [5.74, 6) is -2.58. The average Bonchev–Trinajstić information content (AvgIpc) is 3.68. The predicted molar refractivity (Wildman–Crippen MR) is 135 cm³/mol. The Bertz CT molecular complexity index is 1470. The Hall–Kier alpha value is -4.03. The van der Waals surface area contributed by atoms with Crippen LogP contribution in [0.15, 0.2) is 76.2 Å². The summed E-state index contributed by atoms with van der Waals surface area (Å²) in [6.45, 7) is -0.221. The largest absolute Gasteiger partial charge is 0.467 e. The number of halogens is 1. The molecule has 204 valence electrons. The van der Waals surface area contributed by atoms with E-state index in [1.165, 1.54) is 60.9 Å². The number of fused-ring (bicyclic) bond motifs is 1. The molecule has 1 saturated heterocycles. The topological polar surface area (TPSA) is 126 Å². The fourth-order valence-corrected chi connectivity index (χ4v) is 6.22. The van der Waals surface area contributed by atoms with Crippen molar-refractivity contribution in [1.29, 1.82) is 0 Å². The second-order valence-corrected chi connectivity index (χ2v) is 11.1. The Morgan fingerprint density at radius 2 is 1.87 bits per heavy atom. The molecule has 2 atom stereocenters. The summed E-state index contributed by atoms with van der Waals surface area (Å²) in [6, 6.07) is 12.8. The van der Waals surface area contributed by atoms with Gasteiger partial charge in [0.25, 0.3) is 21.8 Å². The lowest BCUT2D eigenvalue weighted by Crippen LogP contribution is -2.48. The van der Waals surface area contributed by atoms with Crippen LogP contribution in [-0.4, -0.2) is 61.1 Å². The molecular weight excluding hydrogens is 529 g/mol. The fraction of sp³-hybridized carbons (Fsp3) is 0.296. The van der Waals surface area contributed by atoms with Gasteiger partial charge in [0.2, 0.25) is 5.91 Å². The number of carbonyl (C=O) groups excluding carboxylic acids is 3. The maximum absolute atomic E-state index is 13.8. The summed E-state index contributed by atoms with van der Waals surface area (Å²) >= 11 is 0. The van der Waals surface area contributed by atoms with Crippen LogP contribution in [0, 0.1) is 5.82 Å². The van der Waals surface area contributed by atoms with Crippen molar-refractivity contribution in [2.45, 2.75) is 36.4 Å². The molecule has 0 spiro atoms. The van der Waals surface area contributed by atoms with Gasteiger partial charge in [-0.2, -0.15) is 0 Å². The highest BCUT2D eigenvalue weighted by atomic mass is 32.2. The number of sulfonamides is 1. The lowest BCUT2D eigenvalue weighted by atomic mass is 10.1. The van der Waals surface area contributed by atoms with E-state index in [0.29, 0.717) is 16.5 Å². The minimum absolute atomic E-state index is 0.0349. The number of furan rings is 1. The van der Waals surface area contributed by atoms with Crippen molar-refractivity contribution >= 4 is 27.7 Å². The predicted octanol–water partition coefficient (Wildman–Crippen LogP) is 2.63. The van der Waals surface area contributed by atoms with Gasteiger partial charge < -0.3 is 19.4 Å². The van der Waals surface area contributed by atoms with E-state index in [1.807, 2.05) is 0 Å². The van der Waals surface area contributed by atoms with Gasteiger partial charge in [-0.25, -0.2) is 17.1 Å². The van der Waals surface area contributed by atoms with Crippen molar-refractivity contribution in [3.05, 3.63) is 89.6 Å². The lowest BCUT2D eigenvalue weighted by Gasteiger charge is -2.31. The number of hydrogen-bond acceptors (Lipinski definition) is 7. The highest BCUT2D eigenvalue weighted by Gasteiger charge is 2.44. The molecule has 2 aromatic carbocycles. The smallest absolute Gasteiger partial charge is 0.269 e. The third-order valence-electron chi connectivity index (χ3n) is 6.68. The van der Waals surface area contributed by atoms with Crippen LogP contribution in [-0.2, 0) is 30.9 Å². The number of nitrogens with zero attached hydrogens (tertiary/aromatic N) is 2. The molecular formula is C27H26FN3O7S. The zero-order valence-corrected chi connectivity index (χ0v) is 21.6.